The summed E-state index contributed by atoms with van der Waals surface area (Å²) >= 11 is 0. The van der Waals surface area contributed by atoms with Gasteiger partial charge in [0.2, 0.25) is 0 Å². The van der Waals surface area contributed by atoms with Crippen LogP contribution in [0, 0.1) is 40.5 Å². The van der Waals surface area contributed by atoms with Crippen molar-refractivity contribution in [1.29, 1.82) is 0 Å². The summed E-state index contributed by atoms with van der Waals surface area (Å²) in [4.78, 5) is 97.4. The summed E-state index contributed by atoms with van der Waals surface area (Å²) < 4.78 is 46.8. The molecule has 0 saturated heterocycles. The molecule has 2 aromatic rings. The molecule has 0 saturated carbocycles. The van der Waals surface area contributed by atoms with Crippen molar-refractivity contribution in [1.82, 2.24) is 10.6 Å². The second-order valence-electron chi connectivity index (χ2n) is 18.7. The smallest absolute Gasteiger partial charge is 0.463 e. The van der Waals surface area contributed by atoms with Crippen molar-refractivity contribution in [3.8, 4) is 0 Å². The van der Waals surface area contributed by atoms with E-state index >= 15 is 0 Å². The first-order valence-electron chi connectivity index (χ1n) is 28.0. The van der Waals surface area contributed by atoms with Crippen LogP contribution in [0.2, 0.25) is 12.1 Å². The van der Waals surface area contributed by atoms with Crippen molar-refractivity contribution >= 4 is 64.1 Å². The van der Waals surface area contributed by atoms with Crippen LogP contribution in [0.1, 0.15) is 178 Å². The Morgan fingerprint density at radius 2 is 0.637 bits per heavy atom. The Morgan fingerprint density at radius 3 is 0.875 bits per heavy atom. The fraction of sp³-hybridized carbons (Fsp3) is 0.692. The molecule has 0 aromatic heterocycles. The molecule has 0 aliphatic rings. The number of carbonyl (C=O) groups excluding carboxylic acids is 4. The van der Waals surface area contributed by atoms with Crippen LogP contribution in [-0.2, 0) is 45.6 Å². The highest BCUT2D eigenvalue weighted by Gasteiger charge is 2.40. The van der Waals surface area contributed by atoms with Gasteiger partial charge in [0.15, 0.2) is 0 Å². The number of nitrogens with one attached hydrogen (secondary N) is 2. The van der Waals surface area contributed by atoms with Crippen LogP contribution in [0.5, 0.6) is 0 Å². The molecule has 0 fully saturated rings. The second-order valence-corrected chi connectivity index (χ2v) is 24.1. The maximum atomic E-state index is 13.9. The molecule has 0 bridgehead atoms. The monoisotopic (exact) mass is 1170 g/mol. The van der Waals surface area contributed by atoms with E-state index in [4.69, 9.17) is 36.0 Å². The number of hydrogen-bond acceptors (Lipinski definition) is 20. The first-order chi connectivity index (χ1) is 38.3. The maximum Gasteiger partial charge on any atom is 0.500 e. The predicted octanol–water partition coefficient (Wildman–Crippen LogP) is 10.4. The normalized spacial score (nSPS) is 12.3. The number of unbranched alkanes of at least 4 members (excludes halogenated alkanes) is 14. The molecule has 0 heterocycles. The minimum atomic E-state index is -2.70. The average molecular weight is 1170 g/mol. The lowest BCUT2D eigenvalue weighted by Gasteiger charge is -2.28. The number of rotatable bonds is 47. The van der Waals surface area contributed by atoms with Crippen LogP contribution in [0.15, 0.2) is 36.4 Å². The molecule has 450 valence electrons. The van der Waals surface area contributed by atoms with Gasteiger partial charge in [-0.3, -0.25) is 59.6 Å². The van der Waals surface area contributed by atoms with Crippen molar-refractivity contribution in [3.05, 3.63) is 88.0 Å². The molecule has 2 atom stereocenters. The minimum Gasteiger partial charge on any atom is -0.463 e. The van der Waals surface area contributed by atoms with Crippen molar-refractivity contribution in [2.24, 2.45) is 0 Å². The summed E-state index contributed by atoms with van der Waals surface area (Å²) in [7, 11) is -5.41. The zero-order chi connectivity index (χ0) is 59.4. The largest absolute Gasteiger partial charge is 0.500 e. The topological polar surface area (TPSA) is 339 Å². The summed E-state index contributed by atoms with van der Waals surface area (Å²) in [5.74, 6) is -3.76. The van der Waals surface area contributed by atoms with Gasteiger partial charge in [0.05, 0.1) is 55.0 Å². The van der Waals surface area contributed by atoms with Crippen LogP contribution in [0.25, 0.3) is 0 Å². The van der Waals surface area contributed by atoms with E-state index in [1.165, 1.54) is 0 Å². The van der Waals surface area contributed by atoms with Gasteiger partial charge in [-0.1, -0.05) is 77.0 Å². The first-order valence-corrected chi connectivity index (χ1v) is 31.8. The summed E-state index contributed by atoms with van der Waals surface area (Å²) in [5, 5.41) is 51.9. The highest BCUT2D eigenvalue weighted by molar-refractivity contribution is 6.61. The van der Waals surface area contributed by atoms with Gasteiger partial charge in [0.25, 0.3) is 34.6 Å². The molecule has 2 N–H and O–H groups in total. The third-order valence-corrected chi connectivity index (χ3v) is 18.9. The lowest BCUT2D eigenvalue weighted by Crippen LogP contribution is -2.56. The van der Waals surface area contributed by atoms with Crippen LogP contribution in [0.4, 0.5) is 22.7 Å². The Hall–Kier alpha value is -5.89. The van der Waals surface area contributed by atoms with Crippen LogP contribution in [-0.4, -0.2) is 126 Å². The quantitative estimate of drug-likeness (QED) is 0.0204. The molecule has 26 nitrogen and oxygen atoms in total. The molecule has 0 aliphatic heterocycles. The van der Waals surface area contributed by atoms with Crippen molar-refractivity contribution in [2.45, 2.75) is 181 Å². The summed E-state index contributed by atoms with van der Waals surface area (Å²) in [6.07, 6.45) is 13.3. The van der Waals surface area contributed by atoms with E-state index in [1.54, 1.807) is 0 Å². The number of benzene rings is 2. The highest BCUT2D eigenvalue weighted by Crippen LogP contribution is 2.26. The Kier molecular flexibility index (Phi) is 34.7. The predicted molar refractivity (Wildman–Crippen MR) is 298 cm³/mol. The number of amides is 2. The molecule has 0 spiro atoms. The number of nitro benzene ring substituents is 4. The minimum absolute atomic E-state index is 0.0560. The summed E-state index contributed by atoms with van der Waals surface area (Å²) in [6.45, 7) is 13.2. The van der Waals surface area contributed by atoms with Gasteiger partial charge in [0, 0.05) is 88.8 Å². The number of esters is 2. The average Bonchev–Trinajstić information content (AvgIpc) is 3.42. The Bertz CT molecular complexity index is 2010. The number of nitro groups is 4. The van der Waals surface area contributed by atoms with Gasteiger partial charge in [0.1, 0.15) is 13.2 Å². The number of nitrogens with zero attached hydrogens (tertiary/aromatic N) is 4. The van der Waals surface area contributed by atoms with E-state index in [2.05, 4.69) is 10.6 Å². The van der Waals surface area contributed by atoms with Crippen LogP contribution < -0.4 is 10.6 Å². The Labute approximate surface area is 470 Å². The fourth-order valence-electron chi connectivity index (χ4n) is 8.75. The van der Waals surface area contributed by atoms with Crippen LogP contribution >= 0.6 is 0 Å². The molecule has 2 aromatic carbocycles. The molecule has 80 heavy (non-hydrogen) atoms. The van der Waals surface area contributed by atoms with Gasteiger partial charge >= 0.3 is 29.5 Å². The maximum absolute atomic E-state index is 13.9. The van der Waals surface area contributed by atoms with E-state index in [0.717, 1.165) is 113 Å². The van der Waals surface area contributed by atoms with Crippen molar-refractivity contribution in [2.75, 3.05) is 52.9 Å². The molecular formula is C52H84N6O20Si2. The van der Waals surface area contributed by atoms with Crippen LogP contribution in [0.3, 0.4) is 0 Å². The van der Waals surface area contributed by atoms with Gasteiger partial charge in [-0.15, -0.1) is 0 Å². The van der Waals surface area contributed by atoms with Gasteiger partial charge in [-0.25, -0.2) is 0 Å². The van der Waals surface area contributed by atoms with Gasteiger partial charge in [-0.2, -0.15) is 0 Å². The molecular weight excluding hydrogens is 1080 g/mol. The number of carbonyl (C=O) groups is 4. The van der Waals surface area contributed by atoms with Gasteiger partial charge in [-0.05, 0) is 67.2 Å². The molecule has 0 unspecified atom stereocenters. The Morgan fingerprint density at radius 1 is 0.400 bits per heavy atom. The third-order valence-electron chi connectivity index (χ3n) is 12.6. The number of hydrogen-bond donors (Lipinski definition) is 2. The Balaban J connectivity index is 2.23. The molecule has 0 radical (unpaired) electrons. The zero-order valence-corrected chi connectivity index (χ0v) is 49.4. The van der Waals surface area contributed by atoms with E-state index in [-0.39, 0.29) is 12.8 Å². The standard InChI is InChI=1S/C52H84N6O20Si2/c1-7-73-79(74-8-2,75-9-3)31-27-23-19-15-13-17-21-25-29-49(59)71-39-47(53-51(61)41-33-43(55(63)64)37-44(34-41)56(65)66)48(54-52(62)42-35-45(57(67)68)38-46(36-42)58(69)70)40-72-50(60)30-26-22-18-14-16-20-24-28-32-80(76-10-4,77-11-5)78-12-6/h33-38,47-48H,7-32,39-40H2,1-6H3,(H,53,61)(H,54,62)/t47-,48-/m1/s1. The molecule has 2 amide bonds. The number of ether oxygens (including phenoxy) is 2. The first kappa shape index (κ1) is 70.2. The second kappa shape index (κ2) is 39.5. The van der Waals surface area contributed by atoms with E-state index in [0.29, 0.717) is 77.5 Å². The fourth-order valence-corrected chi connectivity index (χ4v) is 14.1. The summed E-state index contributed by atoms with van der Waals surface area (Å²) in [5.41, 5.74) is -4.34. The SMILES string of the molecule is CCO[Si](CCCCCCCCCCC(=O)OC[C@@H](NC(=O)c1cc([N+](=O)[O-])cc([N+](=O)[O-])c1)[C@@H](COC(=O)CCCCCCCCCC[Si](OCC)(OCC)OCC)NC(=O)c1cc([N+](=O)[O-])cc([N+](=O)[O-])c1)(OCC)OCC. The van der Waals surface area contributed by atoms with E-state index in [1.807, 2.05) is 41.5 Å². The third kappa shape index (κ3) is 27.0. The molecule has 2 rings (SSSR count). The van der Waals surface area contributed by atoms with Crippen molar-refractivity contribution in [3.63, 3.8) is 0 Å². The molecule has 28 heteroatoms. The van der Waals surface area contributed by atoms with Gasteiger partial charge < -0.3 is 46.7 Å². The lowest BCUT2D eigenvalue weighted by molar-refractivity contribution is -0.394. The highest BCUT2D eigenvalue weighted by atomic mass is 28.4. The summed E-state index contributed by atoms with van der Waals surface area (Å²) in [6, 6.07) is 2.73. The van der Waals surface area contributed by atoms with E-state index in [9.17, 15) is 59.6 Å². The molecule has 0 aliphatic carbocycles. The number of non-ortho nitro benzene ring substituents is 4. The van der Waals surface area contributed by atoms with Crippen molar-refractivity contribution < 1.29 is 74.9 Å². The zero-order valence-electron chi connectivity index (χ0n) is 47.4. The van der Waals surface area contributed by atoms with E-state index < -0.39 is 120 Å². The lowest BCUT2D eigenvalue weighted by atomic mass is 10.1.